The maximum atomic E-state index is 9.76. The summed E-state index contributed by atoms with van der Waals surface area (Å²) in [6.07, 6.45) is -0.874. The van der Waals surface area contributed by atoms with Gasteiger partial charge in [-0.05, 0) is 40.2 Å². The molecule has 2 rings (SSSR count). The van der Waals surface area contributed by atoms with Gasteiger partial charge in [-0.3, -0.25) is 0 Å². The Balaban J connectivity index is 1.97. The highest BCUT2D eigenvalue weighted by Gasteiger charge is 2.13. The van der Waals surface area contributed by atoms with Gasteiger partial charge in [0.1, 0.15) is 18.5 Å². The Morgan fingerprint density at radius 2 is 2.00 bits per heavy atom. The molecule has 2 aromatic rings. The number of furan rings is 1. The van der Waals surface area contributed by atoms with Gasteiger partial charge in [-0.25, -0.2) is 0 Å². The van der Waals surface area contributed by atoms with Crippen molar-refractivity contribution in [3.8, 4) is 11.5 Å². The normalized spacial score (nSPS) is 12.4. The summed E-state index contributed by atoms with van der Waals surface area (Å²) in [4.78, 5) is 0. The van der Waals surface area contributed by atoms with Crippen LogP contribution in [0.4, 0.5) is 0 Å². The maximum Gasteiger partial charge on any atom is 0.169 e. The predicted molar refractivity (Wildman–Crippen MR) is 65.0 cm³/mol. The number of phenolic OH excluding ortho intramolecular Hbond substituents is 1. The van der Waals surface area contributed by atoms with Crippen molar-refractivity contribution >= 4 is 15.9 Å². The first-order valence-electron chi connectivity index (χ1n) is 5.01. The average Bonchev–Trinajstić information content (AvgIpc) is 2.74. The number of aromatic hydroxyl groups is 1. The summed E-state index contributed by atoms with van der Waals surface area (Å²) < 4.78 is 11.0. The number of halogens is 1. The van der Waals surface area contributed by atoms with E-state index in [2.05, 4.69) is 15.9 Å². The van der Waals surface area contributed by atoms with Crippen molar-refractivity contribution in [3.05, 3.63) is 46.8 Å². The predicted octanol–water partition coefficient (Wildman–Crippen LogP) is 2.86. The minimum Gasteiger partial charge on any atom is -0.504 e. The average molecular weight is 299 g/mol. The van der Waals surface area contributed by atoms with Gasteiger partial charge in [0.05, 0.1) is 0 Å². The molecule has 1 heterocycles. The van der Waals surface area contributed by atoms with Crippen molar-refractivity contribution in [2.75, 3.05) is 6.61 Å². The fraction of sp³-hybridized carbons (Fsp3) is 0.167. The van der Waals surface area contributed by atoms with Crippen molar-refractivity contribution < 1.29 is 19.4 Å². The largest absolute Gasteiger partial charge is 0.504 e. The Bertz CT molecular complexity index is 495. The first-order chi connectivity index (χ1) is 8.16. The topological polar surface area (TPSA) is 62.8 Å². The second-order valence-electron chi connectivity index (χ2n) is 3.44. The first-order valence-corrected chi connectivity index (χ1v) is 5.80. The van der Waals surface area contributed by atoms with Crippen LogP contribution < -0.4 is 4.74 Å². The molecule has 0 aliphatic carbocycles. The molecule has 0 fully saturated rings. The van der Waals surface area contributed by atoms with E-state index < -0.39 is 6.10 Å². The minimum absolute atomic E-state index is 0.0114. The van der Waals surface area contributed by atoms with Gasteiger partial charge in [0.15, 0.2) is 16.2 Å². The minimum atomic E-state index is -0.874. The van der Waals surface area contributed by atoms with Crippen LogP contribution in [0.25, 0.3) is 0 Å². The molecule has 0 saturated heterocycles. The van der Waals surface area contributed by atoms with Crippen LogP contribution in [0.3, 0.4) is 0 Å². The first kappa shape index (κ1) is 12.0. The molecule has 0 amide bonds. The molecule has 1 aromatic carbocycles. The van der Waals surface area contributed by atoms with Crippen molar-refractivity contribution in [3.63, 3.8) is 0 Å². The summed E-state index contributed by atoms with van der Waals surface area (Å²) in [5.74, 6) is 0.782. The number of hydrogen-bond acceptors (Lipinski definition) is 4. The lowest BCUT2D eigenvalue weighted by atomic mass is 10.3. The van der Waals surface area contributed by atoms with Crippen LogP contribution in [0.15, 0.2) is 45.5 Å². The molecule has 0 radical (unpaired) electrons. The molecule has 0 aliphatic rings. The molecule has 0 aliphatic heterocycles. The Labute approximate surface area is 107 Å². The molecule has 1 aromatic heterocycles. The van der Waals surface area contributed by atoms with E-state index in [0.29, 0.717) is 16.2 Å². The molecule has 17 heavy (non-hydrogen) atoms. The number of phenols is 1. The molecule has 5 heteroatoms. The quantitative estimate of drug-likeness (QED) is 0.911. The zero-order valence-corrected chi connectivity index (χ0v) is 10.4. The molecular formula is C12H11BrO4. The van der Waals surface area contributed by atoms with E-state index in [9.17, 15) is 10.2 Å². The van der Waals surface area contributed by atoms with E-state index in [1.807, 2.05) is 0 Å². The molecule has 90 valence electrons. The highest BCUT2D eigenvalue weighted by Crippen LogP contribution is 2.26. The number of hydrogen-bond donors (Lipinski definition) is 2. The molecule has 0 spiro atoms. The van der Waals surface area contributed by atoms with E-state index in [-0.39, 0.29) is 12.4 Å². The van der Waals surface area contributed by atoms with Crippen molar-refractivity contribution in [1.29, 1.82) is 0 Å². The third kappa shape index (κ3) is 3.01. The van der Waals surface area contributed by atoms with Gasteiger partial charge in [0, 0.05) is 0 Å². The van der Waals surface area contributed by atoms with Crippen LogP contribution in [0.2, 0.25) is 0 Å². The van der Waals surface area contributed by atoms with Gasteiger partial charge in [0.25, 0.3) is 0 Å². The second kappa shape index (κ2) is 5.25. The second-order valence-corrected chi connectivity index (χ2v) is 4.22. The number of benzene rings is 1. The highest BCUT2D eigenvalue weighted by molar-refractivity contribution is 9.10. The number of para-hydroxylation sites is 2. The van der Waals surface area contributed by atoms with Crippen LogP contribution >= 0.6 is 15.9 Å². The van der Waals surface area contributed by atoms with E-state index in [1.54, 1.807) is 30.3 Å². The van der Waals surface area contributed by atoms with Crippen molar-refractivity contribution in [2.24, 2.45) is 0 Å². The third-order valence-corrected chi connectivity index (χ3v) is 2.61. The summed E-state index contributed by atoms with van der Waals surface area (Å²) in [6.45, 7) is 0.0114. The van der Waals surface area contributed by atoms with E-state index >= 15 is 0 Å². The smallest absolute Gasteiger partial charge is 0.169 e. The van der Waals surface area contributed by atoms with Crippen molar-refractivity contribution in [1.82, 2.24) is 0 Å². The van der Waals surface area contributed by atoms with Gasteiger partial charge in [-0.1, -0.05) is 12.1 Å². The number of ether oxygens (including phenoxy) is 1. The molecule has 0 saturated carbocycles. The lowest BCUT2D eigenvalue weighted by Gasteiger charge is -2.11. The van der Waals surface area contributed by atoms with Crippen LogP contribution in [-0.4, -0.2) is 16.8 Å². The van der Waals surface area contributed by atoms with E-state index in [4.69, 9.17) is 9.15 Å². The van der Waals surface area contributed by atoms with Gasteiger partial charge in [0.2, 0.25) is 0 Å². The molecule has 4 nitrogen and oxygen atoms in total. The Morgan fingerprint density at radius 1 is 1.24 bits per heavy atom. The molecular weight excluding hydrogens is 288 g/mol. The standard InChI is InChI=1S/C12H11BrO4/c13-12-6-5-11(17-12)9(15)7-16-10-4-2-1-3-8(10)14/h1-6,9,14-15H,7H2. The van der Waals surface area contributed by atoms with E-state index in [1.165, 1.54) is 6.07 Å². The summed E-state index contributed by atoms with van der Waals surface area (Å²) in [6, 6.07) is 9.93. The van der Waals surface area contributed by atoms with Crippen LogP contribution in [0.5, 0.6) is 11.5 Å². The fourth-order valence-corrected chi connectivity index (χ4v) is 1.66. The highest BCUT2D eigenvalue weighted by atomic mass is 79.9. The molecule has 2 N–H and O–H groups in total. The Hall–Kier alpha value is -1.46. The fourth-order valence-electron chi connectivity index (χ4n) is 1.34. The summed E-state index contributed by atoms with van der Waals surface area (Å²) in [7, 11) is 0. The molecule has 1 unspecified atom stereocenters. The maximum absolute atomic E-state index is 9.76. The third-order valence-electron chi connectivity index (χ3n) is 2.18. The summed E-state index contributed by atoms with van der Waals surface area (Å²) in [5.41, 5.74) is 0. The zero-order chi connectivity index (χ0) is 12.3. The van der Waals surface area contributed by atoms with Crippen LogP contribution in [0, 0.1) is 0 Å². The summed E-state index contributed by atoms with van der Waals surface area (Å²) >= 11 is 3.15. The monoisotopic (exact) mass is 298 g/mol. The van der Waals surface area contributed by atoms with Gasteiger partial charge >= 0.3 is 0 Å². The van der Waals surface area contributed by atoms with Gasteiger partial charge < -0.3 is 19.4 Å². The van der Waals surface area contributed by atoms with Crippen LogP contribution in [0.1, 0.15) is 11.9 Å². The molecule has 0 bridgehead atoms. The van der Waals surface area contributed by atoms with Crippen molar-refractivity contribution in [2.45, 2.75) is 6.10 Å². The number of aliphatic hydroxyl groups is 1. The van der Waals surface area contributed by atoms with Gasteiger partial charge in [-0.2, -0.15) is 0 Å². The SMILES string of the molecule is Oc1ccccc1OCC(O)c1ccc(Br)o1. The lowest BCUT2D eigenvalue weighted by Crippen LogP contribution is -2.08. The summed E-state index contributed by atoms with van der Waals surface area (Å²) in [5, 5.41) is 19.2. The Kier molecular flexibility index (Phi) is 3.71. The van der Waals surface area contributed by atoms with Gasteiger partial charge in [-0.15, -0.1) is 0 Å². The van der Waals surface area contributed by atoms with E-state index in [0.717, 1.165) is 0 Å². The number of rotatable bonds is 4. The zero-order valence-electron chi connectivity index (χ0n) is 8.84. The molecule has 1 atom stereocenters. The lowest BCUT2D eigenvalue weighted by molar-refractivity contribution is 0.0866. The Morgan fingerprint density at radius 3 is 2.65 bits per heavy atom. The van der Waals surface area contributed by atoms with Crippen LogP contribution in [-0.2, 0) is 0 Å². The number of aliphatic hydroxyl groups excluding tert-OH is 1.